The molecule has 0 saturated carbocycles. The van der Waals surface area contributed by atoms with Crippen LogP contribution in [0.4, 0.5) is 5.00 Å². The Hall–Kier alpha value is -1.93. The third-order valence-electron chi connectivity index (χ3n) is 4.33. The Bertz CT molecular complexity index is 671. The standard InChI is InChI=1S/C16H21N3O4S/c1-23-16(22)13-9-4-2-3-5-11(9)24-15(13)19-12(20)8-10-14(21)18-7-6-17-10/h10,17H,2-8H2,1H3,(H,18,21)(H,19,20)/t10-/m1/s1. The van der Waals surface area contributed by atoms with E-state index in [1.54, 1.807) is 0 Å². The lowest BCUT2D eigenvalue weighted by molar-refractivity contribution is -0.127. The molecule has 8 heteroatoms. The van der Waals surface area contributed by atoms with Gasteiger partial charge in [0.2, 0.25) is 11.8 Å². The van der Waals surface area contributed by atoms with Crippen LogP contribution in [0, 0.1) is 0 Å². The highest BCUT2D eigenvalue weighted by molar-refractivity contribution is 7.17. The van der Waals surface area contributed by atoms with Gasteiger partial charge in [-0.05, 0) is 31.2 Å². The number of hydrogen-bond acceptors (Lipinski definition) is 6. The lowest BCUT2D eigenvalue weighted by Gasteiger charge is -2.22. The minimum atomic E-state index is -0.532. The summed E-state index contributed by atoms with van der Waals surface area (Å²) in [5.41, 5.74) is 1.48. The minimum absolute atomic E-state index is 0.0367. The zero-order chi connectivity index (χ0) is 17.1. The summed E-state index contributed by atoms with van der Waals surface area (Å²) in [5, 5.41) is 9.10. The summed E-state index contributed by atoms with van der Waals surface area (Å²) >= 11 is 1.44. The highest BCUT2D eigenvalue weighted by Crippen LogP contribution is 2.38. The molecule has 0 radical (unpaired) electrons. The lowest BCUT2D eigenvalue weighted by atomic mass is 9.95. The molecule has 0 aromatic carbocycles. The first-order valence-corrected chi connectivity index (χ1v) is 8.95. The van der Waals surface area contributed by atoms with Crippen LogP contribution < -0.4 is 16.0 Å². The summed E-state index contributed by atoms with van der Waals surface area (Å²) in [4.78, 5) is 37.4. The maximum atomic E-state index is 12.3. The van der Waals surface area contributed by atoms with E-state index in [1.165, 1.54) is 18.4 Å². The number of piperazine rings is 1. The summed E-state index contributed by atoms with van der Waals surface area (Å²) < 4.78 is 4.89. The van der Waals surface area contributed by atoms with Gasteiger partial charge < -0.3 is 20.7 Å². The summed E-state index contributed by atoms with van der Waals surface area (Å²) in [6.07, 6.45) is 3.92. The number of nitrogens with one attached hydrogen (secondary N) is 3. The zero-order valence-corrected chi connectivity index (χ0v) is 14.4. The van der Waals surface area contributed by atoms with Crippen LogP contribution in [-0.4, -0.2) is 44.0 Å². The monoisotopic (exact) mass is 351 g/mol. The Labute approximate surface area is 144 Å². The van der Waals surface area contributed by atoms with Crippen molar-refractivity contribution in [2.24, 2.45) is 0 Å². The first-order chi connectivity index (χ1) is 11.6. The summed E-state index contributed by atoms with van der Waals surface area (Å²) in [6, 6.07) is -0.532. The smallest absolute Gasteiger partial charge is 0.341 e. The second-order valence-electron chi connectivity index (χ2n) is 5.96. The quantitative estimate of drug-likeness (QED) is 0.698. The van der Waals surface area contributed by atoms with Crippen molar-refractivity contribution in [3.63, 3.8) is 0 Å². The van der Waals surface area contributed by atoms with Crippen LogP contribution in [0.3, 0.4) is 0 Å². The van der Waals surface area contributed by atoms with Crippen LogP contribution in [0.1, 0.15) is 40.1 Å². The van der Waals surface area contributed by atoms with E-state index in [0.29, 0.717) is 23.7 Å². The molecule has 1 fully saturated rings. The van der Waals surface area contributed by atoms with Crippen molar-refractivity contribution >= 4 is 34.1 Å². The van der Waals surface area contributed by atoms with Crippen LogP contribution in [-0.2, 0) is 27.2 Å². The second kappa shape index (κ2) is 7.31. The fourth-order valence-electron chi connectivity index (χ4n) is 3.15. The number of rotatable bonds is 4. The topological polar surface area (TPSA) is 96.5 Å². The van der Waals surface area contributed by atoms with E-state index >= 15 is 0 Å². The molecule has 0 spiro atoms. The molecule has 130 valence electrons. The molecular formula is C16H21N3O4S. The van der Waals surface area contributed by atoms with E-state index in [0.717, 1.165) is 36.1 Å². The van der Waals surface area contributed by atoms with E-state index in [4.69, 9.17) is 4.74 Å². The Balaban J connectivity index is 1.76. The molecule has 2 amide bonds. The maximum absolute atomic E-state index is 12.3. The van der Waals surface area contributed by atoms with Crippen molar-refractivity contribution in [2.75, 3.05) is 25.5 Å². The lowest BCUT2D eigenvalue weighted by Crippen LogP contribution is -2.53. The predicted molar refractivity (Wildman–Crippen MR) is 90.3 cm³/mol. The van der Waals surface area contributed by atoms with Gasteiger partial charge in [-0.1, -0.05) is 0 Å². The van der Waals surface area contributed by atoms with Crippen molar-refractivity contribution < 1.29 is 19.1 Å². The molecule has 2 aliphatic rings. The number of amides is 2. The highest BCUT2D eigenvalue weighted by atomic mass is 32.1. The number of thiophene rings is 1. The molecule has 1 saturated heterocycles. The van der Waals surface area contributed by atoms with E-state index in [1.807, 2.05) is 0 Å². The van der Waals surface area contributed by atoms with E-state index < -0.39 is 12.0 Å². The van der Waals surface area contributed by atoms with Crippen LogP contribution in [0.2, 0.25) is 0 Å². The molecule has 1 atom stereocenters. The molecule has 2 heterocycles. The fourth-order valence-corrected chi connectivity index (χ4v) is 4.44. The molecule has 24 heavy (non-hydrogen) atoms. The van der Waals surface area contributed by atoms with Gasteiger partial charge >= 0.3 is 5.97 Å². The Kier molecular flexibility index (Phi) is 5.15. The van der Waals surface area contributed by atoms with Crippen LogP contribution >= 0.6 is 11.3 Å². The molecule has 1 aromatic heterocycles. The molecular weight excluding hydrogens is 330 g/mol. The molecule has 1 aliphatic heterocycles. The van der Waals surface area contributed by atoms with Gasteiger partial charge in [0.05, 0.1) is 25.1 Å². The number of fused-ring (bicyclic) bond motifs is 1. The molecule has 1 aliphatic carbocycles. The molecule has 1 aromatic rings. The van der Waals surface area contributed by atoms with Gasteiger partial charge in [-0.3, -0.25) is 9.59 Å². The van der Waals surface area contributed by atoms with Crippen molar-refractivity contribution in [3.05, 3.63) is 16.0 Å². The number of carbonyl (C=O) groups excluding carboxylic acids is 3. The van der Waals surface area contributed by atoms with Crippen LogP contribution in [0.5, 0.6) is 0 Å². The van der Waals surface area contributed by atoms with Crippen LogP contribution in [0.25, 0.3) is 0 Å². The molecule has 0 unspecified atom stereocenters. The third kappa shape index (κ3) is 3.44. The summed E-state index contributed by atoms with van der Waals surface area (Å²) in [7, 11) is 1.34. The predicted octanol–water partition coefficient (Wildman–Crippen LogP) is 0.830. The van der Waals surface area contributed by atoms with Gasteiger partial charge in [0, 0.05) is 18.0 Å². The number of methoxy groups -OCH3 is 1. The maximum Gasteiger partial charge on any atom is 0.341 e. The fraction of sp³-hybridized carbons (Fsp3) is 0.562. The number of carbonyl (C=O) groups is 3. The SMILES string of the molecule is COC(=O)c1c(NC(=O)C[C@H]2NCCNC2=O)sc2c1CCCC2. The molecule has 3 N–H and O–H groups in total. The highest BCUT2D eigenvalue weighted by Gasteiger charge is 2.29. The van der Waals surface area contributed by atoms with Crippen molar-refractivity contribution in [1.82, 2.24) is 10.6 Å². The Morgan fingerprint density at radius 2 is 2.08 bits per heavy atom. The van der Waals surface area contributed by atoms with Gasteiger partial charge in [0.25, 0.3) is 0 Å². The molecule has 7 nitrogen and oxygen atoms in total. The van der Waals surface area contributed by atoms with Crippen LogP contribution in [0.15, 0.2) is 0 Å². The van der Waals surface area contributed by atoms with E-state index in [2.05, 4.69) is 16.0 Å². The van der Waals surface area contributed by atoms with Gasteiger partial charge in [0.15, 0.2) is 0 Å². The number of esters is 1. The summed E-state index contributed by atoms with van der Waals surface area (Å²) in [5.74, 6) is -0.874. The summed E-state index contributed by atoms with van der Waals surface area (Å²) in [6.45, 7) is 1.21. The molecule has 3 rings (SSSR count). The largest absolute Gasteiger partial charge is 0.465 e. The number of hydrogen-bond donors (Lipinski definition) is 3. The third-order valence-corrected chi connectivity index (χ3v) is 5.54. The van der Waals surface area contributed by atoms with Gasteiger partial charge in [-0.25, -0.2) is 4.79 Å². The average molecular weight is 351 g/mol. The molecule has 0 bridgehead atoms. The second-order valence-corrected chi connectivity index (χ2v) is 7.06. The minimum Gasteiger partial charge on any atom is -0.465 e. The zero-order valence-electron chi connectivity index (χ0n) is 13.6. The average Bonchev–Trinajstić information content (AvgIpc) is 2.94. The first kappa shape index (κ1) is 16.9. The van der Waals surface area contributed by atoms with E-state index in [-0.39, 0.29) is 18.2 Å². The number of anilines is 1. The van der Waals surface area contributed by atoms with Crippen molar-refractivity contribution in [2.45, 2.75) is 38.1 Å². The first-order valence-electron chi connectivity index (χ1n) is 8.14. The van der Waals surface area contributed by atoms with Gasteiger partial charge in [-0.2, -0.15) is 0 Å². The van der Waals surface area contributed by atoms with Crippen molar-refractivity contribution in [3.8, 4) is 0 Å². The van der Waals surface area contributed by atoms with Gasteiger partial charge in [0.1, 0.15) is 5.00 Å². The number of ether oxygens (including phenoxy) is 1. The van der Waals surface area contributed by atoms with Crippen molar-refractivity contribution in [1.29, 1.82) is 0 Å². The Morgan fingerprint density at radius 3 is 2.83 bits per heavy atom. The van der Waals surface area contributed by atoms with Gasteiger partial charge in [-0.15, -0.1) is 11.3 Å². The Morgan fingerprint density at radius 1 is 1.29 bits per heavy atom. The number of aryl methyl sites for hydroxylation is 1. The van der Waals surface area contributed by atoms with E-state index in [9.17, 15) is 14.4 Å². The normalized spacial score (nSPS) is 20.0.